The molecule has 2 aliphatic rings. The first-order valence-corrected chi connectivity index (χ1v) is 10.9. The quantitative estimate of drug-likeness (QED) is 0.460. The number of esters is 1. The van der Waals surface area contributed by atoms with Crippen LogP contribution in [0.4, 0.5) is 0 Å². The fourth-order valence-corrected chi connectivity index (χ4v) is 4.39. The van der Waals surface area contributed by atoms with Crippen LogP contribution in [-0.2, 0) is 15.9 Å². The summed E-state index contributed by atoms with van der Waals surface area (Å²) in [5, 5.41) is 0. The molecule has 0 atom stereocenters. The van der Waals surface area contributed by atoms with Crippen molar-refractivity contribution in [3.05, 3.63) is 77.0 Å². The average Bonchev–Trinajstić information content (AvgIpc) is 3.22. The summed E-state index contributed by atoms with van der Waals surface area (Å²) in [7, 11) is 0. The third kappa shape index (κ3) is 3.67. The average molecular weight is 428 g/mol. The number of carbonyl (C=O) groups excluding carboxylic acids is 2. The molecule has 1 fully saturated rings. The number of benzene rings is 2. The van der Waals surface area contributed by atoms with Crippen LogP contribution in [0.25, 0.3) is 22.4 Å². The summed E-state index contributed by atoms with van der Waals surface area (Å²) in [5.41, 5.74) is 6.56. The minimum Gasteiger partial charge on any atom is -0.461 e. The number of carbonyl (C=O) groups is 2. The lowest BCUT2D eigenvalue weighted by molar-refractivity contribution is 0.0303. The molecule has 1 amide bonds. The van der Waals surface area contributed by atoms with Crippen LogP contribution in [0, 0.1) is 0 Å². The van der Waals surface area contributed by atoms with Crippen molar-refractivity contribution < 1.29 is 19.1 Å². The van der Waals surface area contributed by atoms with Crippen LogP contribution in [0.5, 0.6) is 0 Å². The van der Waals surface area contributed by atoms with Crippen molar-refractivity contribution in [2.75, 3.05) is 32.9 Å². The van der Waals surface area contributed by atoms with E-state index in [1.807, 2.05) is 59.5 Å². The maximum atomic E-state index is 13.0. The molecular formula is C26H24N2O4. The summed E-state index contributed by atoms with van der Waals surface area (Å²) in [6.45, 7) is 4.42. The molecule has 3 aromatic rings. The minimum absolute atomic E-state index is 0.0146. The molecule has 1 aromatic heterocycles. The monoisotopic (exact) mass is 428 g/mol. The summed E-state index contributed by atoms with van der Waals surface area (Å²) in [4.78, 5) is 32.2. The highest BCUT2D eigenvalue weighted by molar-refractivity contribution is 5.98. The molecule has 0 unspecified atom stereocenters. The topological polar surface area (TPSA) is 68.7 Å². The normalized spacial score (nSPS) is 14.6. The first kappa shape index (κ1) is 20.4. The number of nitrogens with zero attached hydrogens (tertiary/aromatic N) is 2. The Morgan fingerprint density at radius 1 is 1.03 bits per heavy atom. The van der Waals surface area contributed by atoms with Crippen molar-refractivity contribution in [3.63, 3.8) is 0 Å². The molecule has 0 saturated carbocycles. The summed E-state index contributed by atoms with van der Waals surface area (Å²) in [5.74, 6) is -0.403. The van der Waals surface area contributed by atoms with Crippen molar-refractivity contribution >= 4 is 11.9 Å². The van der Waals surface area contributed by atoms with Crippen LogP contribution in [0.3, 0.4) is 0 Å². The molecule has 1 saturated heterocycles. The Bertz CT molecular complexity index is 1180. The maximum Gasteiger partial charge on any atom is 0.357 e. The number of fused-ring (bicyclic) bond motifs is 3. The van der Waals surface area contributed by atoms with Gasteiger partial charge in [0.25, 0.3) is 5.91 Å². The van der Waals surface area contributed by atoms with Crippen molar-refractivity contribution in [2.45, 2.75) is 13.3 Å². The number of pyridine rings is 1. The Morgan fingerprint density at radius 3 is 2.56 bits per heavy atom. The largest absolute Gasteiger partial charge is 0.461 e. The molecule has 6 nitrogen and oxygen atoms in total. The highest BCUT2D eigenvalue weighted by atomic mass is 16.5. The van der Waals surface area contributed by atoms with Crippen LogP contribution in [0.15, 0.2) is 54.6 Å². The molecule has 32 heavy (non-hydrogen) atoms. The van der Waals surface area contributed by atoms with E-state index in [9.17, 15) is 9.59 Å². The molecule has 1 aliphatic carbocycles. The number of ether oxygens (including phenoxy) is 2. The molecule has 2 aromatic carbocycles. The highest BCUT2D eigenvalue weighted by Gasteiger charge is 2.29. The van der Waals surface area contributed by atoms with Crippen LogP contribution in [0.1, 0.15) is 38.9 Å². The first-order valence-electron chi connectivity index (χ1n) is 10.9. The molecule has 0 bridgehead atoms. The van der Waals surface area contributed by atoms with Crippen molar-refractivity contribution in [3.8, 4) is 22.4 Å². The number of hydrogen-bond acceptors (Lipinski definition) is 5. The van der Waals surface area contributed by atoms with Crippen LogP contribution < -0.4 is 0 Å². The Labute approximate surface area is 186 Å². The van der Waals surface area contributed by atoms with Gasteiger partial charge in [-0.25, -0.2) is 9.78 Å². The molecule has 5 rings (SSSR count). The van der Waals surface area contributed by atoms with E-state index >= 15 is 0 Å². The van der Waals surface area contributed by atoms with Gasteiger partial charge < -0.3 is 14.4 Å². The predicted molar refractivity (Wildman–Crippen MR) is 121 cm³/mol. The molecule has 162 valence electrons. The third-order valence-electron chi connectivity index (χ3n) is 5.97. The van der Waals surface area contributed by atoms with Crippen LogP contribution in [0.2, 0.25) is 0 Å². The maximum absolute atomic E-state index is 13.0. The number of aromatic nitrogens is 1. The Balaban J connectivity index is 1.56. The molecule has 0 N–H and O–H groups in total. The Kier molecular flexibility index (Phi) is 5.45. The standard InChI is InChI=1S/C26H24N2O4/c1-2-32-26(30)24-22-15-19-14-18(25(29)28-10-12-31-13-11-28)8-9-20(19)21(22)16-23(27-24)17-6-4-3-5-7-17/h3-9,14,16H,2,10-13,15H2,1H3. The van der Waals surface area contributed by atoms with E-state index < -0.39 is 5.97 Å². The summed E-state index contributed by atoms with van der Waals surface area (Å²) in [6, 6.07) is 17.6. The zero-order chi connectivity index (χ0) is 22.1. The van der Waals surface area contributed by atoms with E-state index in [4.69, 9.17) is 9.47 Å². The number of morpholine rings is 1. The second kappa shape index (κ2) is 8.55. The van der Waals surface area contributed by atoms with Gasteiger partial charge in [-0.2, -0.15) is 0 Å². The van der Waals surface area contributed by atoms with Crippen molar-refractivity contribution in [2.24, 2.45) is 0 Å². The number of rotatable bonds is 4. The number of amides is 1. The van der Waals surface area contributed by atoms with E-state index in [2.05, 4.69) is 4.98 Å². The van der Waals surface area contributed by atoms with Gasteiger partial charge in [-0.05, 0) is 47.4 Å². The van der Waals surface area contributed by atoms with E-state index in [0.717, 1.165) is 33.5 Å². The second-order valence-electron chi connectivity index (χ2n) is 7.92. The van der Waals surface area contributed by atoms with Gasteiger partial charge in [0.15, 0.2) is 5.69 Å². The smallest absolute Gasteiger partial charge is 0.357 e. The van der Waals surface area contributed by atoms with Crippen LogP contribution >= 0.6 is 0 Å². The molecule has 1 aliphatic heterocycles. The Morgan fingerprint density at radius 2 is 1.81 bits per heavy atom. The molecule has 0 spiro atoms. The van der Waals surface area contributed by atoms with E-state index in [0.29, 0.717) is 44.0 Å². The zero-order valence-electron chi connectivity index (χ0n) is 18.0. The molecular weight excluding hydrogens is 404 g/mol. The third-order valence-corrected chi connectivity index (χ3v) is 5.97. The lowest BCUT2D eigenvalue weighted by Crippen LogP contribution is -2.40. The van der Waals surface area contributed by atoms with E-state index in [-0.39, 0.29) is 12.5 Å². The Hall–Kier alpha value is -3.51. The van der Waals surface area contributed by atoms with E-state index in [1.54, 1.807) is 6.92 Å². The second-order valence-corrected chi connectivity index (χ2v) is 7.92. The van der Waals surface area contributed by atoms with Gasteiger partial charge in [0.05, 0.1) is 25.5 Å². The van der Waals surface area contributed by atoms with Gasteiger partial charge in [-0.15, -0.1) is 0 Å². The van der Waals surface area contributed by atoms with E-state index in [1.165, 1.54) is 0 Å². The van der Waals surface area contributed by atoms with Crippen molar-refractivity contribution in [1.29, 1.82) is 0 Å². The van der Waals surface area contributed by atoms with Gasteiger partial charge in [0.1, 0.15) is 0 Å². The molecule has 2 heterocycles. The lowest BCUT2D eigenvalue weighted by Gasteiger charge is -2.27. The fraction of sp³-hybridized carbons (Fsp3) is 0.269. The molecule has 0 radical (unpaired) electrons. The molecule has 6 heteroatoms. The SMILES string of the molecule is CCOC(=O)c1nc(-c2ccccc2)cc2c1Cc1cc(C(=O)N3CCOCC3)ccc1-2. The van der Waals surface area contributed by atoms with Crippen LogP contribution in [-0.4, -0.2) is 54.7 Å². The summed E-state index contributed by atoms with van der Waals surface area (Å²) >= 11 is 0. The van der Waals surface area contributed by atoms with Gasteiger partial charge >= 0.3 is 5.97 Å². The first-order chi connectivity index (χ1) is 15.7. The highest BCUT2D eigenvalue weighted by Crippen LogP contribution is 2.40. The van der Waals surface area contributed by atoms with Gasteiger partial charge in [0, 0.05) is 30.6 Å². The summed E-state index contributed by atoms with van der Waals surface area (Å²) in [6.07, 6.45) is 0.547. The zero-order valence-corrected chi connectivity index (χ0v) is 18.0. The van der Waals surface area contributed by atoms with Gasteiger partial charge in [-0.1, -0.05) is 36.4 Å². The van der Waals surface area contributed by atoms with Gasteiger partial charge in [0.2, 0.25) is 0 Å². The minimum atomic E-state index is -0.418. The van der Waals surface area contributed by atoms with Gasteiger partial charge in [-0.3, -0.25) is 4.79 Å². The predicted octanol–water partition coefficient (Wildman–Crippen LogP) is 3.97. The fourth-order valence-electron chi connectivity index (χ4n) is 4.39. The number of hydrogen-bond donors (Lipinski definition) is 0. The van der Waals surface area contributed by atoms with Crippen molar-refractivity contribution in [1.82, 2.24) is 9.88 Å². The lowest BCUT2D eigenvalue weighted by atomic mass is 10.0. The summed E-state index contributed by atoms with van der Waals surface area (Å²) < 4.78 is 10.7.